The zero-order valence-corrected chi connectivity index (χ0v) is 7.71. The fourth-order valence-electron chi connectivity index (χ4n) is 1.51. The number of carbonyl (C=O) groups is 1. The third-order valence-electron chi connectivity index (χ3n) is 2.12. The molecule has 12 heavy (non-hydrogen) atoms. The van der Waals surface area contributed by atoms with E-state index in [1.165, 1.54) is 32.9 Å². The molecule has 3 nitrogen and oxygen atoms in total. The van der Waals surface area contributed by atoms with Crippen molar-refractivity contribution in [2.45, 2.75) is 26.2 Å². The fourth-order valence-corrected chi connectivity index (χ4v) is 1.51. The van der Waals surface area contributed by atoms with Crippen LogP contribution in [0.25, 0.3) is 0 Å². The lowest BCUT2D eigenvalue weighted by molar-refractivity contribution is -0.141. The summed E-state index contributed by atoms with van der Waals surface area (Å²) in [5.41, 5.74) is 0. The molecule has 0 saturated carbocycles. The third-order valence-corrected chi connectivity index (χ3v) is 2.12. The zero-order valence-electron chi connectivity index (χ0n) is 7.71. The molecule has 1 aliphatic rings. The number of hydrogen-bond donors (Lipinski definition) is 0. The molecule has 0 amide bonds. The second-order valence-electron chi connectivity index (χ2n) is 3.24. The van der Waals surface area contributed by atoms with E-state index in [1.54, 1.807) is 0 Å². The van der Waals surface area contributed by atoms with Crippen molar-refractivity contribution in [3.63, 3.8) is 0 Å². The second-order valence-corrected chi connectivity index (χ2v) is 3.24. The molecule has 0 radical (unpaired) electrons. The van der Waals surface area contributed by atoms with Gasteiger partial charge in [0.1, 0.15) is 0 Å². The molecule has 0 aromatic carbocycles. The van der Waals surface area contributed by atoms with Crippen molar-refractivity contribution in [2.75, 3.05) is 26.2 Å². The molecule has 3 heteroatoms. The van der Waals surface area contributed by atoms with Crippen LogP contribution in [-0.4, -0.2) is 37.1 Å². The first-order valence-electron chi connectivity index (χ1n) is 4.65. The molecule has 0 aliphatic carbocycles. The first kappa shape index (κ1) is 9.52. The van der Waals surface area contributed by atoms with Crippen LogP contribution in [0, 0.1) is 0 Å². The van der Waals surface area contributed by atoms with Crippen molar-refractivity contribution < 1.29 is 9.53 Å². The summed E-state index contributed by atoms with van der Waals surface area (Å²) in [4.78, 5) is 12.8. The summed E-state index contributed by atoms with van der Waals surface area (Å²) in [5.74, 6) is -0.170. The molecule has 0 bridgehead atoms. The maximum absolute atomic E-state index is 10.4. The number of nitrogens with zero attached hydrogens (tertiary/aromatic N) is 1. The van der Waals surface area contributed by atoms with Crippen molar-refractivity contribution >= 4 is 5.97 Å². The van der Waals surface area contributed by atoms with Crippen LogP contribution in [0.1, 0.15) is 26.2 Å². The number of hydrogen-bond acceptors (Lipinski definition) is 3. The van der Waals surface area contributed by atoms with Gasteiger partial charge in [0.15, 0.2) is 0 Å². The first-order valence-corrected chi connectivity index (χ1v) is 4.65. The van der Waals surface area contributed by atoms with Crippen LogP contribution in [0.4, 0.5) is 0 Å². The van der Waals surface area contributed by atoms with Gasteiger partial charge in [-0.2, -0.15) is 0 Å². The molecule has 0 aromatic heterocycles. The van der Waals surface area contributed by atoms with Crippen LogP contribution in [0.3, 0.4) is 0 Å². The Morgan fingerprint density at radius 2 is 2.08 bits per heavy atom. The van der Waals surface area contributed by atoms with E-state index in [-0.39, 0.29) is 5.97 Å². The Morgan fingerprint density at radius 3 is 2.67 bits per heavy atom. The van der Waals surface area contributed by atoms with E-state index in [4.69, 9.17) is 4.74 Å². The SMILES string of the molecule is CC(=O)OCCCN1CCCC1. The predicted octanol–water partition coefficient (Wildman–Crippen LogP) is 1.04. The standard InChI is InChI=1S/C9H17NO2/c1-9(11)12-8-4-7-10-5-2-3-6-10/h2-8H2,1H3. The minimum Gasteiger partial charge on any atom is -0.466 e. The first-order chi connectivity index (χ1) is 5.79. The van der Waals surface area contributed by atoms with E-state index in [2.05, 4.69) is 4.90 Å². The highest BCUT2D eigenvalue weighted by Crippen LogP contribution is 2.07. The summed E-state index contributed by atoms with van der Waals surface area (Å²) in [5, 5.41) is 0. The molecular weight excluding hydrogens is 154 g/mol. The minimum absolute atomic E-state index is 0.170. The van der Waals surface area contributed by atoms with Crippen LogP contribution in [0.5, 0.6) is 0 Å². The van der Waals surface area contributed by atoms with E-state index in [9.17, 15) is 4.79 Å². The number of carbonyl (C=O) groups excluding carboxylic acids is 1. The van der Waals surface area contributed by atoms with Gasteiger partial charge in [-0.25, -0.2) is 0 Å². The van der Waals surface area contributed by atoms with E-state index < -0.39 is 0 Å². The molecule has 0 spiro atoms. The van der Waals surface area contributed by atoms with Crippen molar-refractivity contribution in [3.05, 3.63) is 0 Å². The molecule has 0 aromatic rings. The predicted molar refractivity (Wildman–Crippen MR) is 46.9 cm³/mol. The van der Waals surface area contributed by atoms with Crippen molar-refractivity contribution in [2.24, 2.45) is 0 Å². The van der Waals surface area contributed by atoms with Crippen LogP contribution in [-0.2, 0) is 9.53 Å². The number of rotatable bonds is 4. The van der Waals surface area contributed by atoms with Crippen LogP contribution in [0.2, 0.25) is 0 Å². The molecule has 70 valence electrons. The summed E-state index contributed by atoms with van der Waals surface area (Å²) in [6.07, 6.45) is 3.63. The van der Waals surface area contributed by atoms with E-state index in [1.807, 2.05) is 0 Å². The van der Waals surface area contributed by atoms with Crippen LogP contribution >= 0.6 is 0 Å². The molecule has 1 saturated heterocycles. The van der Waals surface area contributed by atoms with Crippen molar-refractivity contribution in [3.8, 4) is 0 Å². The van der Waals surface area contributed by atoms with E-state index >= 15 is 0 Å². The summed E-state index contributed by atoms with van der Waals surface area (Å²) in [7, 11) is 0. The molecule has 1 rings (SSSR count). The largest absolute Gasteiger partial charge is 0.466 e. The molecular formula is C9H17NO2. The Bertz CT molecular complexity index is 141. The minimum atomic E-state index is -0.170. The highest BCUT2D eigenvalue weighted by Gasteiger charge is 2.10. The maximum atomic E-state index is 10.4. The van der Waals surface area contributed by atoms with Gasteiger partial charge in [0.2, 0.25) is 0 Å². The number of esters is 1. The van der Waals surface area contributed by atoms with Gasteiger partial charge >= 0.3 is 5.97 Å². The topological polar surface area (TPSA) is 29.5 Å². The normalized spacial score (nSPS) is 18.1. The second kappa shape index (κ2) is 5.14. The Kier molecular flexibility index (Phi) is 4.08. The third kappa shape index (κ3) is 3.72. The summed E-state index contributed by atoms with van der Waals surface area (Å²) in [6, 6.07) is 0. The average Bonchev–Trinajstić information content (AvgIpc) is 2.49. The van der Waals surface area contributed by atoms with Crippen LogP contribution in [0.15, 0.2) is 0 Å². The maximum Gasteiger partial charge on any atom is 0.302 e. The monoisotopic (exact) mass is 171 g/mol. The van der Waals surface area contributed by atoms with Crippen molar-refractivity contribution in [1.82, 2.24) is 4.90 Å². The molecule has 0 N–H and O–H groups in total. The van der Waals surface area contributed by atoms with Gasteiger partial charge in [0, 0.05) is 13.5 Å². The Hall–Kier alpha value is -0.570. The van der Waals surface area contributed by atoms with Gasteiger partial charge in [0.05, 0.1) is 6.61 Å². The van der Waals surface area contributed by atoms with E-state index in [0.29, 0.717) is 6.61 Å². The molecule has 0 unspecified atom stereocenters. The summed E-state index contributed by atoms with van der Waals surface area (Å²) < 4.78 is 4.84. The zero-order chi connectivity index (χ0) is 8.81. The lowest BCUT2D eigenvalue weighted by Gasteiger charge is -2.13. The molecule has 1 heterocycles. The van der Waals surface area contributed by atoms with Gasteiger partial charge in [-0.1, -0.05) is 0 Å². The fraction of sp³-hybridized carbons (Fsp3) is 0.889. The van der Waals surface area contributed by atoms with Gasteiger partial charge in [-0.15, -0.1) is 0 Å². The Morgan fingerprint density at radius 1 is 1.42 bits per heavy atom. The molecule has 0 atom stereocenters. The van der Waals surface area contributed by atoms with Crippen LogP contribution < -0.4 is 0 Å². The number of ether oxygens (including phenoxy) is 1. The highest BCUT2D eigenvalue weighted by molar-refractivity contribution is 5.65. The molecule has 1 fully saturated rings. The van der Waals surface area contributed by atoms with E-state index in [0.717, 1.165) is 13.0 Å². The smallest absolute Gasteiger partial charge is 0.302 e. The average molecular weight is 171 g/mol. The summed E-state index contributed by atoms with van der Waals surface area (Å²) in [6.45, 7) is 5.55. The van der Waals surface area contributed by atoms with Gasteiger partial charge in [-0.05, 0) is 32.4 Å². The number of likely N-dealkylation sites (tertiary alicyclic amines) is 1. The van der Waals surface area contributed by atoms with Gasteiger partial charge < -0.3 is 9.64 Å². The lowest BCUT2D eigenvalue weighted by atomic mass is 10.4. The summed E-state index contributed by atoms with van der Waals surface area (Å²) >= 11 is 0. The van der Waals surface area contributed by atoms with Gasteiger partial charge in [0.25, 0.3) is 0 Å². The Labute approximate surface area is 73.7 Å². The Balaban J connectivity index is 1.91. The van der Waals surface area contributed by atoms with Crippen molar-refractivity contribution in [1.29, 1.82) is 0 Å². The lowest BCUT2D eigenvalue weighted by Crippen LogP contribution is -2.21. The highest BCUT2D eigenvalue weighted by atomic mass is 16.5. The molecule has 1 aliphatic heterocycles. The quantitative estimate of drug-likeness (QED) is 0.467. The van der Waals surface area contributed by atoms with Gasteiger partial charge in [-0.3, -0.25) is 4.79 Å².